The third kappa shape index (κ3) is 6.81. The molecule has 30 heavy (non-hydrogen) atoms. The van der Waals surface area contributed by atoms with Crippen LogP contribution < -0.4 is 10.6 Å². The van der Waals surface area contributed by atoms with Crippen molar-refractivity contribution in [3.63, 3.8) is 0 Å². The smallest absolute Gasteiger partial charge is 0.307 e. The van der Waals surface area contributed by atoms with Crippen molar-refractivity contribution >= 4 is 40.6 Å². The molecule has 0 aliphatic heterocycles. The van der Waals surface area contributed by atoms with E-state index in [1.54, 1.807) is 6.07 Å². The minimum absolute atomic E-state index is 0.0192. The van der Waals surface area contributed by atoms with Crippen molar-refractivity contribution in [2.75, 3.05) is 11.9 Å². The lowest BCUT2D eigenvalue weighted by Crippen LogP contribution is -2.40. The molecule has 0 saturated carbocycles. The lowest BCUT2D eigenvalue weighted by molar-refractivity contribution is -0.154. The van der Waals surface area contributed by atoms with Crippen LogP contribution in [0.3, 0.4) is 0 Å². The van der Waals surface area contributed by atoms with Crippen LogP contribution in [0.25, 0.3) is 0 Å². The lowest BCUT2D eigenvalue weighted by Gasteiger charge is -2.14. The van der Waals surface area contributed by atoms with Crippen molar-refractivity contribution in [1.29, 1.82) is 0 Å². The van der Waals surface area contributed by atoms with E-state index in [1.165, 1.54) is 18.3 Å². The molecule has 0 fully saturated rings. The van der Waals surface area contributed by atoms with Gasteiger partial charge in [0, 0.05) is 17.0 Å². The third-order valence-corrected chi connectivity index (χ3v) is 5.46. The summed E-state index contributed by atoms with van der Waals surface area (Å²) in [5.41, 5.74) is 2.55. The maximum absolute atomic E-state index is 12.1. The number of carbonyl (C=O) groups is 4. The van der Waals surface area contributed by atoms with E-state index < -0.39 is 18.0 Å². The minimum Gasteiger partial charge on any atom is -0.453 e. The van der Waals surface area contributed by atoms with Gasteiger partial charge in [0.25, 0.3) is 5.91 Å². The molecule has 2 amide bonds. The average Bonchev–Trinajstić information content (AvgIpc) is 3.13. The Morgan fingerprint density at radius 3 is 2.27 bits per heavy atom. The SMILES string of the molecule is Cc1ccc(C(=O)CCC(=O)OC(C)C(=O)NCC(=O)Nc2c(C)cccc2C)s1. The fourth-order valence-electron chi connectivity index (χ4n) is 2.74. The van der Waals surface area contributed by atoms with Gasteiger partial charge in [-0.2, -0.15) is 0 Å². The maximum Gasteiger partial charge on any atom is 0.307 e. The van der Waals surface area contributed by atoms with Crippen molar-refractivity contribution in [2.45, 2.75) is 46.6 Å². The molecule has 2 N–H and O–H groups in total. The predicted octanol–water partition coefficient (Wildman–Crippen LogP) is 3.32. The molecule has 0 saturated heterocycles. The number of rotatable bonds is 9. The summed E-state index contributed by atoms with van der Waals surface area (Å²) in [5.74, 6) is -1.74. The molecule has 2 aromatic rings. The van der Waals surface area contributed by atoms with Gasteiger partial charge < -0.3 is 15.4 Å². The van der Waals surface area contributed by atoms with Crippen LogP contribution >= 0.6 is 11.3 Å². The average molecular weight is 431 g/mol. The van der Waals surface area contributed by atoms with Crippen LogP contribution in [0, 0.1) is 20.8 Å². The van der Waals surface area contributed by atoms with Gasteiger partial charge in [0.05, 0.1) is 17.8 Å². The van der Waals surface area contributed by atoms with Gasteiger partial charge in [0.1, 0.15) is 0 Å². The summed E-state index contributed by atoms with van der Waals surface area (Å²) in [6.07, 6.45) is -1.16. The summed E-state index contributed by atoms with van der Waals surface area (Å²) in [6, 6.07) is 9.24. The van der Waals surface area contributed by atoms with Gasteiger partial charge in [-0.05, 0) is 51.0 Å². The number of carbonyl (C=O) groups excluding carboxylic acids is 4. The number of ether oxygens (including phenoxy) is 1. The Balaban J connectivity index is 1.73. The second kappa shape index (κ2) is 10.7. The van der Waals surface area contributed by atoms with Crippen molar-refractivity contribution in [3.05, 3.63) is 51.2 Å². The first-order valence-corrected chi connectivity index (χ1v) is 10.4. The summed E-state index contributed by atoms with van der Waals surface area (Å²) < 4.78 is 5.06. The zero-order valence-corrected chi connectivity index (χ0v) is 18.4. The molecule has 8 heteroatoms. The summed E-state index contributed by atoms with van der Waals surface area (Å²) >= 11 is 1.37. The normalized spacial score (nSPS) is 11.5. The van der Waals surface area contributed by atoms with Crippen LogP contribution in [-0.2, 0) is 19.1 Å². The summed E-state index contributed by atoms with van der Waals surface area (Å²) in [6.45, 7) is 6.84. The molecule has 1 heterocycles. The van der Waals surface area contributed by atoms with E-state index >= 15 is 0 Å². The van der Waals surface area contributed by atoms with Gasteiger partial charge >= 0.3 is 5.97 Å². The highest BCUT2D eigenvalue weighted by Gasteiger charge is 2.20. The maximum atomic E-state index is 12.1. The number of hydrogen-bond acceptors (Lipinski definition) is 6. The van der Waals surface area contributed by atoms with Crippen LogP contribution in [0.2, 0.25) is 0 Å². The predicted molar refractivity (Wildman–Crippen MR) is 116 cm³/mol. The number of esters is 1. The molecule has 0 aliphatic rings. The molecule has 1 aromatic carbocycles. The van der Waals surface area contributed by atoms with Crippen molar-refractivity contribution < 1.29 is 23.9 Å². The summed E-state index contributed by atoms with van der Waals surface area (Å²) in [7, 11) is 0. The molecule has 0 spiro atoms. The number of thiophene rings is 1. The first kappa shape index (κ1) is 23.3. The number of anilines is 1. The number of hydrogen-bond donors (Lipinski definition) is 2. The number of amides is 2. The number of nitrogens with one attached hydrogen (secondary N) is 2. The Labute approximate surface area is 179 Å². The molecule has 0 radical (unpaired) electrons. The standard InChI is InChI=1S/C22H26N2O5S/c1-13-6-5-7-14(2)21(13)24-19(26)12-23-22(28)16(4)29-20(27)11-9-17(25)18-10-8-15(3)30-18/h5-8,10,16H,9,11-12H2,1-4H3,(H,23,28)(H,24,26). The second-order valence-corrected chi connectivity index (χ2v) is 8.29. The van der Waals surface area contributed by atoms with Crippen molar-refractivity contribution in [3.8, 4) is 0 Å². The first-order valence-electron chi connectivity index (χ1n) is 9.60. The zero-order chi connectivity index (χ0) is 22.3. The highest BCUT2D eigenvalue weighted by atomic mass is 32.1. The molecule has 0 aliphatic carbocycles. The van der Waals surface area contributed by atoms with Gasteiger partial charge in [-0.3, -0.25) is 19.2 Å². The van der Waals surface area contributed by atoms with Gasteiger partial charge in [0.15, 0.2) is 11.9 Å². The molecule has 160 valence electrons. The third-order valence-electron chi connectivity index (χ3n) is 4.42. The Morgan fingerprint density at radius 2 is 1.67 bits per heavy atom. The Morgan fingerprint density at radius 1 is 1.00 bits per heavy atom. The van der Waals surface area contributed by atoms with Crippen LogP contribution in [0.5, 0.6) is 0 Å². The van der Waals surface area contributed by atoms with E-state index in [0.29, 0.717) is 10.6 Å². The van der Waals surface area contributed by atoms with Gasteiger partial charge in [-0.15, -0.1) is 11.3 Å². The highest BCUT2D eigenvalue weighted by molar-refractivity contribution is 7.14. The molecular formula is C22H26N2O5S. The monoisotopic (exact) mass is 430 g/mol. The summed E-state index contributed by atoms with van der Waals surface area (Å²) in [4.78, 5) is 49.8. The molecular weight excluding hydrogens is 404 g/mol. The minimum atomic E-state index is -1.07. The Hall–Kier alpha value is -3.00. The van der Waals surface area contributed by atoms with Crippen LogP contribution in [-0.4, -0.2) is 36.2 Å². The van der Waals surface area contributed by atoms with Gasteiger partial charge in [-0.1, -0.05) is 18.2 Å². The molecule has 1 atom stereocenters. The topological polar surface area (TPSA) is 102 Å². The van der Waals surface area contributed by atoms with Crippen LogP contribution in [0.15, 0.2) is 30.3 Å². The number of ketones is 1. The quantitative estimate of drug-likeness (QED) is 0.469. The van der Waals surface area contributed by atoms with E-state index in [4.69, 9.17) is 4.74 Å². The molecule has 1 unspecified atom stereocenters. The van der Waals surface area contributed by atoms with E-state index in [0.717, 1.165) is 16.0 Å². The summed E-state index contributed by atoms with van der Waals surface area (Å²) in [5, 5.41) is 5.21. The number of Topliss-reactive ketones (excluding diaryl/α,β-unsaturated/α-hetero) is 1. The first-order chi connectivity index (χ1) is 14.2. The van der Waals surface area contributed by atoms with Crippen molar-refractivity contribution in [1.82, 2.24) is 5.32 Å². The van der Waals surface area contributed by atoms with Gasteiger partial charge in [0.2, 0.25) is 5.91 Å². The number of aryl methyl sites for hydroxylation is 3. The Kier molecular flexibility index (Phi) is 8.29. The Bertz CT molecular complexity index is 931. The molecule has 7 nitrogen and oxygen atoms in total. The number of para-hydroxylation sites is 1. The molecule has 1 aromatic heterocycles. The van der Waals surface area contributed by atoms with E-state index in [-0.39, 0.29) is 31.1 Å². The fraction of sp³-hybridized carbons (Fsp3) is 0.364. The largest absolute Gasteiger partial charge is 0.453 e. The van der Waals surface area contributed by atoms with Crippen molar-refractivity contribution in [2.24, 2.45) is 0 Å². The highest BCUT2D eigenvalue weighted by Crippen LogP contribution is 2.19. The van der Waals surface area contributed by atoms with Gasteiger partial charge in [-0.25, -0.2) is 0 Å². The lowest BCUT2D eigenvalue weighted by atomic mass is 10.1. The zero-order valence-electron chi connectivity index (χ0n) is 17.5. The van der Waals surface area contributed by atoms with E-state index in [9.17, 15) is 19.2 Å². The fourth-order valence-corrected chi connectivity index (χ4v) is 3.57. The number of benzene rings is 1. The van der Waals surface area contributed by atoms with E-state index in [2.05, 4.69) is 10.6 Å². The molecule has 0 bridgehead atoms. The molecule has 2 rings (SSSR count). The van der Waals surface area contributed by atoms with E-state index in [1.807, 2.05) is 45.0 Å². The van der Waals surface area contributed by atoms with Crippen LogP contribution in [0.1, 0.15) is 45.4 Å². The second-order valence-electron chi connectivity index (χ2n) is 7.00. The van der Waals surface area contributed by atoms with Crippen LogP contribution in [0.4, 0.5) is 5.69 Å².